The summed E-state index contributed by atoms with van der Waals surface area (Å²) in [6.07, 6.45) is 0.833. The minimum absolute atomic E-state index is 0.147. The number of hydrogen-bond donors (Lipinski definition) is 1. The summed E-state index contributed by atoms with van der Waals surface area (Å²) >= 11 is 5.65. The molecule has 2 aromatic rings. The Labute approximate surface area is 147 Å². The van der Waals surface area contributed by atoms with Gasteiger partial charge in [-0.15, -0.1) is 0 Å². The molecule has 4 nitrogen and oxygen atoms in total. The van der Waals surface area contributed by atoms with Crippen LogP contribution in [0.25, 0.3) is 0 Å². The fourth-order valence-electron chi connectivity index (χ4n) is 3.57. The van der Waals surface area contributed by atoms with Crippen molar-refractivity contribution in [1.29, 1.82) is 0 Å². The number of thiocarbonyl (C=S) groups is 1. The van der Waals surface area contributed by atoms with Crippen LogP contribution >= 0.6 is 12.2 Å². The molecule has 2 aliphatic rings. The first kappa shape index (κ1) is 15.3. The second kappa shape index (κ2) is 5.67. The van der Waals surface area contributed by atoms with Gasteiger partial charge in [0.05, 0.1) is 13.2 Å². The quantitative estimate of drug-likeness (QED) is 0.863. The minimum atomic E-state index is -0.496. The van der Waals surface area contributed by atoms with Crippen molar-refractivity contribution in [2.75, 3.05) is 7.11 Å². The summed E-state index contributed by atoms with van der Waals surface area (Å²) in [4.78, 5) is 2.13. The third-order valence-corrected chi connectivity index (χ3v) is 5.15. The summed E-state index contributed by atoms with van der Waals surface area (Å²) in [6.45, 7) is 2.81. The third-order valence-electron chi connectivity index (χ3n) is 4.81. The van der Waals surface area contributed by atoms with Gasteiger partial charge in [0, 0.05) is 18.5 Å². The van der Waals surface area contributed by atoms with Crippen LogP contribution < -0.4 is 14.8 Å². The number of rotatable bonds is 3. The van der Waals surface area contributed by atoms with Gasteiger partial charge in [0.15, 0.2) is 22.3 Å². The van der Waals surface area contributed by atoms with Gasteiger partial charge in [-0.1, -0.05) is 42.5 Å². The molecule has 0 spiro atoms. The van der Waals surface area contributed by atoms with Gasteiger partial charge < -0.3 is 19.7 Å². The molecule has 2 aliphatic heterocycles. The van der Waals surface area contributed by atoms with E-state index in [1.165, 1.54) is 5.56 Å². The van der Waals surface area contributed by atoms with Crippen LogP contribution in [-0.2, 0) is 6.54 Å². The maximum absolute atomic E-state index is 6.44. The zero-order valence-electron chi connectivity index (χ0n) is 13.8. The molecular weight excluding hydrogens is 320 g/mol. The topological polar surface area (TPSA) is 33.7 Å². The van der Waals surface area contributed by atoms with E-state index in [-0.39, 0.29) is 6.04 Å². The van der Waals surface area contributed by atoms with E-state index in [2.05, 4.69) is 35.3 Å². The van der Waals surface area contributed by atoms with Crippen LogP contribution in [0.3, 0.4) is 0 Å². The molecule has 0 unspecified atom stereocenters. The molecule has 2 heterocycles. The molecule has 124 valence electrons. The maximum Gasteiger partial charge on any atom is 0.184 e. The van der Waals surface area contributed by atoms with E-state index < -0.39 is 5.72 Å². The van der Waals surface area contributed by atoms with Crippen molar-refractivity contribution in [3.05, 3.63) is 59.7 Å². The fourth-order valence-corrected chi connectivity index (χ4v) is 3.97. The molecule has 2 bridgehead atoms. The normalized spacial score (nSPS) is 24.7. The molecule has 0 amide bonds. The first-order valence-corrected chi connectivity index (χ1v) is 8.49. The Morgan fingerprint density at radius 3 is 2.79 bits per heavy atom. The molecule has 1 saturated heterocycles. The molecule has 1 N–H and O–H groups in total. The molecule has 0 radical (unpaired) electrons. The van der Waals surface area contributed by atoms with Gasteiger partial charge in [0.2, 0.25) is 0 Å². The van der Waals surface area contributed by atoms with E-state index >= 15 is 0 Å². The summed E-state index contributed by atoms with van der Waals surface area (Å²) in [5.74, 6) is 1.57. The standard InChI is InChI=1S/C19H20N2O2S/c1-19-11-15(14-9-6-10-16(22-2)17(14)23-19)20-18(24)21(19)12-13-7-4-3-5-8-13/h3-10,15H,11-12H2,1-2H3,(H,20,24)/t15-,19+/m1/s1. The monoisotopic (exact) mass is 340 g/mol. The second-order valence-electron chi connectivity index (χ2n) is 6.43. The van der Waals surface area contributed by atoms with Gasteiger partial charge in [-0.3, -0.25) is 0 Å². The highest BCUT2D eigenvalue weighted by Crippen LogP contribution is 2.48. The summed E-state index contributed by atoms with van der Waals surface area (Å²) in [7, 11) is 1.67. The SMILES string of the molecule is COc1cccc2c1O[C@@]1(C)C[C@H]2NC(=S)N1Cc1ccccc1. The predicted octanol–water partition coefficient (Wildman–Crippen LogP) is 3.63. The first-order valence-electron chi connectivity index (χ1n) is 8.09. The van der Waals surface area contributed by atoms with Crippen LogP contribution in [0, 0.1) is 0 Å². The van der Waals surface area contributed by atoms with E-state index in [4.69, 9.17) is 21.7 Å². The van der Waals surface area contributed by atoms with Crippen molar-refractivity contribution in [2.45, 2.75) is 31.7 Å². The van der Waals surface area contributed by atoms with Crippen LogP contribution in [0.4, 0.5) is 0 Å². The first-order chi connectivity index (χ1) is 11.6. The molecule has 5 heteroatoms. The van der Waals surface area contributed by atoms with E-state index in [0.29, 0.717) is 6.54 Å². The summed E-state index contributed by atoms with van der Waals surface area (Å²) < 4.78 is 11.9. The van der Waals surface area contributed by atoms with Crippen molar-refractivity contribution in [3.63, 3.8) is 0 Å². The van der Waals surface area contributed by atoms with Crippen molar-refractivity contribution < 1.29 is 9.47 Å². The Balaban J connectivity index is 1.72. The lowest BCUT2D eigenvalue weighted by atomic mass is 9.90. The van der Waals surface area contributed by atoms with Gasteiger partial charge in [-0.25, -0.2) is 0 Å². The van der Waals surface area contributed by atoms with Gasteiger partial charge in [0.1, 0.15) is 0 Å². The van der Waals surface area contributed by atoms with Crippen LogP contribution in [0.2, 0.25) is 0 Å². The molecule has 24 heavy (non-hydrogen) atoms. The van der Waals surface area contributed by atoms with Crippen LogP contribution in [-0.4, -0.2) is 22.8 Å². The number of ether oxygens (including phenoxy) is 2. The third kappa shape index (κ3) is 2.40. The second-order valence-corrected chi connectivity index (χ2v) is 6.82. The highest BCUT2D eigenvalue weighted by Gasteiger charge is 2.48. The van der Waals surface area contributed by atoms with E-state index in [0.717, 1.165) is 28.6 Å². The van der Waals surface area contributed by atoms with Crippen molar-refractivity contribution in [2.24, 2.45) is 0 Å². The molecule has 0 aromatic heterocycles. The zero-order chi connectivity index (χ0) is 16.7. The average Bonchev–Trinajstić information content (AvgIpc) is 2.59. The lowest BCUT2D eigenvalue weighted by molar-refractivity contribution is -0.0736. The van der Waals surface area contributed by atoms with Gasteiger partial charge in [-0.2, -0.15) is 0 Å². The molecule has 2 atom stereocenters. The molecule has 0 saturated carbocycles. The largest absolute Gasteiger partial charge is 0.493 e. The van der Waals surface area contributed by atoms with Crippen LogP contribution in [0.5, 0.6) is 11.5 Å². The summed E-state index contributed by atoms with van der Waals surface area (Å²) in [6, 6.07) is 16.5. The number of nitrogens with zero attached hydrogens (tertiary/aromatic N) is 1. The predicted molar refractivity (Wildman–Crippen MR) is 97.1 cm³/mol. The minimum Gasteiger partial charge on any atom is -0.493 e. The number of nitrogens with one attached hydrogen (secondary N) is 1. The Morgan fingerprint density at radius 1 is 1.25 bits per heavy atom. The number of fused-ring (bicyclic) bond motifs is 4. The molecule has 1 fully saturated rings. The Hall–Kier alpha value is -2.27. The number of benzene rings is 2. The van der Waals surface area contributed by atoms with Crippen LogP contribution in [0.1, 0.15) is 30.5 Å². The van der Waals surface area contributed by atoms with E-state index in [1.54, 1.807) is 7.11 Å². The van der Waals surface area contributed by atoms with Crippen molar-refractivity contribution in [1.82, 2.24) is 10.2 Å². The smallest absolute Gasteiger partial charge is 0.184 e. The van der Waals surface area contributed by atoms with Crippen molar-refractivity contribution in [3.8, 4) is 11.5 Å². The highest BCUT2D eigenvalue weighted by molar-refractivity contribution is 7.80. The average molecular weight is 340 g/mol. The maximum atomic E-state index is 6.44. The lowest BCUT2D eigenvalue weighted by Crippen LogP contribution is -2.64. The summed E-state index contributed by atoms with van der Waals surface area (Å²) in [5.41, 5.74) is 1.81. The summed E-state index contributed by atoms with van der Waals surface area (Å²) in [5, 5.41) is 4.20. The molecule has 2 aromatic carbocycles. The van der Waals surface area contributed by atoms with Gasteiger partial charge >= 0.3 is 0 Å². The Morgan fingerprint density at radius 2 is 2.04 bits per heavy atom. The Kier molecular flexibility index (Phi) is 3.61. The number of methoxy groups -OCH3 is 1. The fraction of sp³-hybridized carbons (Fsp3) is 0.316. The van der Waals surface area contributed by atoms with Gasteiger partial charge in [0.25, 0.3) is 0 Å². The highest BCUT2D eigenvalue weighted by atomic mass is 32.1. The molecule has 4 rings (SSSR count). The number of hydrogen-bond acceptors (Lipinski definition) is 3. The lowest BCUT2D eigenvalue weighted by Gasteiger charge is -2.52. The van der Waals surface area contributed by atoms with Crippen molar-refractivity contribution >= 4 is 17.3 Å². The molecule has 0 aliphatic carbocycles. The van der Waals surface area contributed by atoms with Crippen LogP contribution in [0.15, 0.2) is 48.5 Å². The molecular formula is C19H20N2O2S. The Bertz CT molecular complexity index is 780. The van der Waals surface area contributed by atoms with E-state index in [1.807, 2.05) is 30.3 Å². The zero-order valence-corrected chi connectivity index (χ0v) is 14.6. The van der Waals surface area contributed by atoms with Gasteiger partial charge in [-0.05, 0) is 30.8 Å². The number of para-hydroxylation sites is 1. The van der Waals surface area contributed by atoms with E-state index in [9.17, 15) is 0 Å².